The number of amides is 1. The van der Waals surface area contributed by atoms with E-state index in [4.69, 9.17) is 4.98 Å². The van der Waals surface area contributed by atoms with Crippen LogP contribution in [0.5, 0.6) is 0 Å². The topological polar surface area (TPSA) is 85.8 Å². The van der Waals surface area contributed by atoms with E-state index in [1.54, 1.807) is 18.2 Å². The number of sulfonamides is 1. The highest BCUT2D eigenvalue weighted by molar-refractivity contribution is 7.89. The summed E-state index contributed by atoms with van der Waals surface area (Å²) in [5.74, 6) is 0.379. The summed E-state index contributed by atoms with van der Waals surface area (Å²) in [4.78, 5) is 22.6. The lowest BCUT2D eigenvalue weighted by Gasteiger charge is -2.31. The van der Waals surface area contributed by atoms with E-state index in [2.05, 4.69) is 15.1 Å². The Bertz CT molecular complexity index is 1310. The standard InChI is InChI=1S/C25H29N5O3S/c1-28-13-15-30(16-14-28)34(32,33)21-9-6-8-20(18-21)26-25(31)22-17-19-7-2-3-10-23(19)27-24(22)29-11-4-5-12-29/h2-3,6-10,17-18H,4-5,11-16H2,1H3,(H,26,31). The molecule has 0 unspecified atom stereocenters. The minimum Gasteiger partial charge on any atom is -0.356 e. The number of fused-ring (bicyclic) bond motifs is 1. The van der Waals surface area contributed by atoms with Gasteiger partial charge in [-0.3, -0.25) is 4.79 Å². The molecule has 0 aliphatic carbocycles. The average Bonchev–Trinajstić information content (AvgIpc) is 3.38. The molecule has 2 saturated heterocycles. The molecule has 2 aliphatic rings. The molecule has 0 radical (unpaired) electrons. The fourth-order valence-corrected chi connectivity index (χ4v) is 6.02. The first-order valence-corrected chi connectivity index (χ1v) is 13.1. The van der Waals surface area contributed by atoms with E-state index in [-0.39, 0.29) is 10.8 Å². The van der Waals surface area contributed by atoms with Crippen LogP contribution in [0, 0.1) is 0 Å². The molecule has 34 heavy (non-hydrogen) atoms. The fourth-order valence-electron chi connectivity index (χ4n) is 4.55. The quantitative estimate of drug-likeness (QED) is 0.606. The highest BCUT2D eigenvalue weighted by atomic mass is 32.2. The van der Waals surface area contributed by atoms with Gasteiger partial charge in [0.25, 0.3) is 5.91 Å². The van der Waals surface area contributed by atoms with E-state index in [0.717, 1.165) is 36.8 Å². The molecule has 2 aliphatic heterocycles. The fraction of sp³-hybridized carbons (Fsp3) is 0.360. The summed E-state index contributed by atoms with van der Waals surface area (Å²) in [5, 5.41) is 3.80. The molecule has 2 aromatic carbocycles. The molecule has 8 nitrogen and oxygen atoms in total. The second-order valence-electron chi connectivity index (χ2n) is 8.94. The summed E-state index contributed by atoms with van der Waals surface area (Å²) >= 11 is 0. The van der Waals surface area contributed by atoms with Gasteiger partial charge in [0, 0.05) is 50.3 Å². The maximum absolute atomic E-state index is 13.4. The lowest BCUT2D eigenvalue weighted by atomic mass is 10.1. The summed E-state index contributed by atoms with van der Waals surface area (Å²) in [7, 11) is -1.64. The van der Waals surface area contributed by atoms with Crippen molar-refractivity contribution in [2.45, 2.75) is 17.7 Å². The van der Waals surface area contributed by atoms with Crippen LogP contribution in [-0.4, -0.2) is 74.8 Å². The molecule has 0 bridgehead atoms. The number of nitrogens with zero attached hydrogens (tertiary/aromatic N) is 4. The van der Waals surface area contributed by atoms with E-state index < -0.39 is 10.0 Å². The number of aromatic nitrogens is 1. The van der Waals surface area contributed by atoms with E-state index in [1.807, 2.05) is 37.4 Å². The number of nitrogens with one attached hydrogen (secondary N) is 1. The number of hydrogen-bond donors (Lipinski definition) is 1. The van der Waals surface area contributed by atoms with E-state index in [9.17, 15) is 13.2 Å². The summed E-state index contributed by atoms with van der Waals surface area (Å²) in [5.41, 5.74) is 1.79. The highest BCUT2D eigenvalue weighted by Gasteiger charge is 2.28. The minimum atomic E-state index is -3.62. The molecule has 3 heterocycles. The van der Waals surface area contributed by atoms with Crippen LogP contribution in [0.3, 0.4) is 0 Å². The third-order valence-corrected chi connectivity index (χ3v) is 8.44. The van der Waals surface area contributed by atoms with Crippen LogP contribution in [0.15, 0.2) is 59.5 Å². The van der Waals surface area contributed by atoms with Crippen molar-refractivity contribution in [1.82, 2.24) is 14.2 Å². The van der Waals surface area contributed by atoms with Gasteiger partial charge >= 0.3 is 0 Å². The van der Waals surface area contributed by atoms with Crippen molar-refractivity contribution >= 4 is 38.3 Å². The zero-order valence-electron chi connectivity index (χ0n) is 19.3. The normalized spacial score (nSPS) is 17.9. The Kier molecular flexibility index (Phi) is 6.24. The van der Waals surface area contributed by atoms with Crippen LogP contribution < -0.4 is 10.2 Å². The number of para-hydroxylation sites is 1. The molecule has 1 aromatic heterocycles. The number of carbonyl (C=O) groups excluding carboxylic acids is 1. The van der Waals surface area contributed by atoms with E-state index in [0.29, 0.717) is 43.2 Å². The predicted octanol–water partition coefficient (Wildman–Crippen LogP) is 3.02. The first-order valence-electron chi connectivity index (χ1n) is 11.7. The molecule has 178 valence electrons. The maximum atomic E-state index is 13.4. The zero-order valence-corrected chi connectivity index (χ0v) is 20.1. The summed E-state index contributed by atoms with van der Waals surface area (Å²) in [6.45, 7) is 4.04. The maximum Gasteiger partial charge on any atom is 0.259 e. The lowest BCUT2D eigenvalue weighted by molar-refractivity contribution is 0.102. The SMILES string of the molecule is CN1CCN(S(=O)(=O)c2cccc(NC(=O)c3cc4ccccc4nc3N3CCCC3)c2)CC1. The summed E-state index contributed by atoms with van der Waals surface area (Å²) in [6, 6.07) is 16.1. The van der Waals surface area contributed by atoms with Crippen LogP contribution in [0.4, 0.5) is 11.5 Å². The highest BCUT2D eigenvalue weighted by Crippen LogP contribution is 2.28. The number of piperazine rings is 1. The van der Waals surface area contributed by atoms with Gasteiger partial charge in [-0.15, -0.1) is 0 Å². The molecule has 0 atom stereocenters. The Labute approximate surface area is 200 Å². The van der Waals surface area contributed by atoms with Crippen molar-refractivity contribution in [2.24, 2.45) is 0 Å². The minimum absolute atomic E-state index is 0.186. The number of carbonyl (C=O) groups is 1. The third kappa shape index (κ3) is 4.51. The van der Waals surface area contributed by atoms with Gasteiger partial charge in [-0.05, 0) is 50.2 Å². The van der Waals surface area contributed by atoms with E-state index in [1.165, 1.54) is 10.4 Å². The van der Waals surface area contributed by atoms with Crippen molar-refractivity contribution in [3.8, 4) is 0 Å². The van der Waals surface area contributed by atoms with Gasteiger partial charge in [0.2, 0.25) is 10.0 Å². The summed E-state index contributed by atoms with van der Waals surface area (Å²) in [6.07, 6.45) is 2.14. The van der Waals surface area contributed by atoms with Crippen LogP contribution in [0.2, 0.25) is 0 Å². The molecule has 0 spiro atoms. The molecule has 1 amide bonds. The largest absolute Gasteiger partial charge is 0.356 e. The zero-order chi connectivity index (χ0) is 23.7. The molecule has 9 heteroatoms. The van der Waals surface area contributed by atoms with Crippen molar-refractivity contribution in [3.05, 3.63) is 60.2 Å². The Morgan fingerprint density at radius 2 is 1.65 bits per heavy atom. The van der Waals surface area contributed by atoms with Gasteiger partial charge in [0.15, 0.2) is 0 Å². The van der Waals surface area contributed by atoms with Gasteiger partial charge in [-0.25, -0.2) is 13.4 Å². The molecule has 3 aromatic rings. The van der Waals surface area contributed by atoms with Crippen molar-refractivity contribution < 1.29 is 13.2 Å². The van der Waals surface area contributed by atoms with Crippen LogP contribution in [0.25, 0.3) is 10.9 Å². The monoisotopic (exact) mass is 479 g/mol. The van der Waals surface area contributed by atoms with Gasteiger partial charge in [-0.1, -0.05) is 24.3 Å². The van der Waals surface area contributed by atoms with Gasteiger partial charge in [0.05, 0.1) is 16.0 Å². The predicted molar refractivity (Wildman–Crippen MR) is 134 cm³/mol. The van der Waals surface area contributed by atoms with Crippen molar-refractivity contribution in [2.75, 3.05) is 56.5 Å². The molecular weight excluding hydrogens is 450 g/mol. The van der Waals surface area contributed by atoms with Gasteiger partial charge < -0.3 is 15.1 Å². The molecule has 2 fully saturated rings. The number of pyridine rings is 1. The number of hydrogen-bond acceptors (Lipinski definition) is 6. The Hall–Kier alpha value is -3.01. The smallest absolute Gasteiger partial charge is 0.259 e. The first-order chi connectivity index (χ1) is 16.4. The van der Waals surface area contributed by atoms with Crippen LogP contribution in [-0.2, 0) is 10.0 Å². The van der Waals surface area contributed by atoms with Gasteiger partial charge in [0.1, 0.15) is 5.82 Å². The molecule has 5 rings (SSSR count). The average molecular weight is 480 g/mol. The lowest BCUT2D eigenvalue weighted by Crippen LogP contribution is -2.47. The van der Waals surface area contributed by atoms with Crippen molar-refractivity contribution in [1.29, 1.82) is 0 Å². The second kappa shape index (κ2) is 9.32. The summed E-state index contributed by atoms with van der Waals surface area (Å²) < 4.78 is 27.8. The third-order valence-electron chi connectivity index (χ3n) is 6.55. The number of rotatable bonds is 5. The number of anilines is 2. The van der Waals surface area contributed by atoms with Gasteiger partial charge in [-0.2, -0.15) is 4.31 Å². The Morgan fingerprint density at radius 3 is 2.41 bits per heavy atom. The number of benzene rings is 2. The second-order valence-corrected chi connectivity index (χ2v) is 10.9. The Morgan fingerprint density at radius 1 is 0.912 bits per heavy atom. The van der Waals surface area contributed by atoms with Crippen LogP contribution >= 0.6 is 0 Å². The Balaban J connectivity index is 1.43. The molecule has 0 saturated carbocycles. The molecule has 1 N–H and O–H groups in total. The number of likely N-dealkylation sites (N-methyl/N-ethyl adjacent to an activating group) is 1. The molecular formula is C25H29N5O3S. The van der Waals surface area contributed by atoms with E-state index >= 15 is 0 Å². The van der Waals surface area contributed by atoms with Crippen molar-refractivity contribution in [3.63, 3.8) is 0 Å². The first kappa shape index (κ1) is 22.8. The van der Waals surface area contributed by atoms with Crippen LogP contribution in [0.1, 0.15) is 23.2 Å².